The second-order valence-corrected chi connectivity index (χ2v) is 7.13. The highest BCUT2D eigenvalue weighted by atomic mass is 16.5. The van der Waals surface area contributed by atoms with E-state index in [9.17, 15) is 4.79 Å². The first-order valence-corrected chi connectivity index (χ1v) is 7.57. The molecule has 0 spiro atoms. The lowest BCUT2D eigenvalue weighted by molar-refractivity contribution is -0.125. The van der Waals surface area contributed by atoms with Crippen LogP contribution in [-0.2, 0) is 10.2 Å². The first kappa shape index (κ1) is 15.8. The van der Waals surface area contributed by atoms with Crippen molar-refractivity contribution >= 4 is 5.91 Å². The molecule has 1 aliphatic carbocycles. The van der Waals surface area contributed by atoms with Gasteiger partial charge in [-0.25, -0.2) is 0 Å². The molecule has 0 radical (unpaired) electrons. The number of ether oxygens (including phenoxy) is 1. The van der Waals surface area contributed by atoms with E-state index in [4.69, 9.17) is 16.2 Å². The Hall–Kier alpha value is -1.55. The Balaban J connectivity index is 2.10. The van der Waals surface area contributed by atoms with Crippen molar-refractivity contribution in [3.63, 3.8) is 0 Å². The van der Waals surface area contributed by atoms with Crippen molar-refractivity contribution < 1.29 is 9.53 Å². The van der Waals surface area contributed by atoms with E-state index in [-0.39, 0.29) is 11.5 Å². The first-order valence-electron chi connectivity index (χ1n) is 7.57. The van der Waals surface area contributed by atoms with E-state index in [0.717, 1.165) is 18.6 Å². The normalized spacial score (nSPS) is 26.4. The maximum atomic E-state index is 11.5. The average Bonchev–Trinajstić information content (AvgIpc) is 2.38. The number of nitrogens with two attached hydrogens (primary N) is 2. The van der Waals surface area contributed by atoms with Crippen LogP contribution in [0.5, 0.6) is 5.75 Å². The first-order chi connectivity index (χ1) is 9.71. The van der Waals surface area contributed by atoms with Crippen molar-refractivity contribution in [2.45, 2.75) is 63.5 Å². The summed E-state index contributed by atoms with van der Waals surface area (Å²) in [4.78, 5) is 11.5. The molecule has 4 heteroatoms. The average molecular weight is 290 g/mol. The fourth-order valence-corrected chi connectivity index (χ4v) is 2.81. The second-order valence-electron chi connectivity index (χ2n) is 7.13. The van der Waals surface area contributed by atoms with Crippen LogP contribution in [0.15, 0.2) is 24.3 Å². The van der Waals surface area contributed by atoms with Gasteiger partial charge in [-0.05, 0) is 42.4 Å². The minimum Gasteiger partial charge on any atom is -0.490 e. The predicted octanol–water partition coefficient (Wildman–Crippen LogP) is 2.49. The maximum Gasteiger partial charge on any atom is 0.237 e. The van der Waals surface area contributed by atoms with Gasteiger partial charge in [0.25, 0.3) is 0 Å². The van der Waals surface area contributed by atoms with Crippen LogP contribution < -0.4 is 16.2 Å². The van der Waals surface area contributed by atoms with Crippen molar-refractivity contribution in [1.29, 1.82) is 0 Å². The van der Waals surface area contributed by atoms with E-state index in [1.54, 1.807) is 0 Å². The number of benzene rings is 1. The van der Waals surface area contributed by atoms with Gasteiger partial charge in [-0.15, -0.1) is 0 Å². The number of rotatable bonds is 3. The van der Waals surface area contributed by atoms with Crippen molar-refractivity contribution in [2.24, 2.45) is 11.5 Å². The quantitative estimate of drug-likeness (QED) is 0.897. The Morgan fingerprint density at radius 2 is 2.10 bits per heavy atom. The minimum absolute atomic E-state index is 0.0496. The Bertz CT molecular complexity index is 522. The van der Waals surface area contributed by atoms with Gasteiger partial charge in [-0.3, -0.25) is 4.79 Å². The molecule has 2 rings (SSSR count). The molecule has 21 heavy (non-hydrogen) atoms. The third kappa shape index (κ3) is 3.76. The summed E-state index contributed by atoms with van der Waals surface area (Å²) >= 11 is 0. The summed E-state index contributed by atoms with van der Waals surface area (Å²) in [6.45, 7) is 6.51. The van der Waals surface area contributed by atoms with E-state index < -0.39 is 11.4 Å². The van der Waals surface area contributed by atoms with Gasteiger partial charge in [0.15, 0.2) is 0 Å². The van der Waals surface area contributed by atoms with Crippen LogP contribution in [0.3, 0.4) is 0 Å². The largest absolute Gasteiger partial charge is 0.490 e. The van der Waals surface area contributed by atoms with E-state index in [2.05, 4.69) is 32.9 Å². The number of carbonyl (C=O) groups is 1. The zero-order valence-corrected chi connectivity index (χ0v) is 13.2. The topological polar surface area (TPSA) is 78.3 Å². The Kier molecular flexibility index (Phi) is 4.28. The van der Waals surface area contributed by atoms with E-state index >= 15 is 0 Å². The van der Waals surface area contributed by atoms with E-state index in [1.165, 1.54) is 5.56 Å². The van der Waals surface area contributed by atoms with E-state index in [1.807, 2.05) is 12.1 Å². The molecule has 1 aromatic rings. The van der Waals surface area contributed by atoms with Crippen molar-refractivity contribution in [1.82, 2.24) is 0 Å². The lowest BCUT2D eigenvalue weighted by atomic mass is 9.80. The molecule has 1 fully saturated rings. The molecule has 0 aromatic heterocycles. The summed E-state index contributed by atoms with van der Waals surface area (Å²) in [6, 6.07) is 8.12. The fourth-order valence-electron chi connectivity index (χ4n) is 2.81. The lowest BCUT2D eigenvalue weighted by Gasteiger charge is -2.35. The van der Waals surface area contributed by atoms with Gasteiger partial charge < -0.3 is 16.2 Å². The van der Waals surface area contributed by atoms with Crippen LogP contribution in [0.4, 0.5) is 0 Å². The van der Waals surface area contributed by atoms with Gasteiger partial charge in [0.05, 0.1) is 5.54 Å². The van der Waals surface area contributed by atoms with Gasteiger partial charge in [-0.2, -0.15) is 0 Å². The monoisotopic (exact) mass is 290 g/mol. The minimum atomic E-state index is -0.926. The summed E-state index contributed by atoms with van der Waals surface area (Å²) in [6.07, 6.45) is 2.85. The molecule has 116 valence electrons. The molecule has 1 amide bonds. The number of amides is 1. The van der Waals surface area contributed by atoms with Crippen LogP contribution >= 0.6 is 0 Å². The molecule has 2 unspecified atom stereocenters. The molecular formula is C17H26N2O2. The summed E-state index contributed by atoms with van der Waals surface area (Å²) in [7, 11) is 0. The van der Waals surface area contributed by atoms with Crippen LogP contribution in [0.1, 0.15) is 52.0 Å². The second kappa shape index (κ2) is 5.68. The third-order valence-corrected chi connectivity index (χ3v) is 4.23. The Morgan fingerprint density at radius 1 is 1.38 bits per heavy atom. The Labute approximate surface area is 126 Å². The molecule has 0 saturated heterocycles. The molecular weight excluding hydrogens is 264 g/mol. The van der Waals surface area contributed by atoms with Gasteiger partial charge >= 0.3 is 0 Å². The van der Waals surface area contributed by atoms with Crippen LogP contribution in [0.25, 0.3) is 0 Å². The molecule has 1 aromatic carbocycles. The van der Waals surface area contributed by atoms with Gasteiger partial charge in [-0.1, -0.05) is 32.9 Å². The smallest absolute Gasteiger partial charge is 0.237 e. The number of hydrogen-bond acceptors (Lipinski definition) is 3. The fraction of sp³-hybridized carbons (Fsp3) is 0.588. The van der Waals surface area contributed by atoms with E-state index in [0.29, 0.717) is 12.8 Å². The van der Waals surface area contributed by atoms with Gasteiger partial charge in [0.1, 0.15) is 11.9 Å². The van der Waals surface area contributed by atoms with Gasteiger partial charge in [0, 0.05) is 6.42 Å². The third-order valence-electron chi connectivity index (χ3n) is 4.23. The van der Waals surface area contributed by atoms with Crippen LogP contribution in [-0.4, -0.2) is 17.6 Å². The summed E-state index contributed by atoms with van der Waals surface area (Å²) in [5.74, 6) is 0.403. The summed E-state index contributed by atoms with van der Waals surface area (Å²) in [5, 5.41) is 0. The van der Waals surface area contributed by atoms with Crippen molar-refractivity contribution in [2.75, 3.05) is 0 Å². The molecule has 1 saturated carbocycles. The van der Waals surface area contributed by atoms with Crippen LogP contribution in [0.2, 0.25) is 0 Å². The predicted molar refractivity (Wildman–Crippen MR) is 84.1 cm³/mol. The summed E-state index contributed by atoms with van der Waals surface area (Å²) in [5.41, 5.74) is 11.9. The zero-order valence-electron chi connectivity index (χ0n) is 13.2. The number of hydrogen-bond donors (Lipinski definition) is 2. The van der Waals surface area contributed by atoms with Crippen LogP contribution in [0, 0.1) is 0 Å². The highest BCUT2D eigenvalue weighted by Crippen LogP contribution is 2.31. The highest BCUT2D eigenvalue weighted by molar-refractivity contribution is 5.84. The zero-order chi connectivity index (χ0) is 15.7. The number of carbonyl (C=O) groups excluding carboxylic acids is 1. The molecule has 2 atom stereocenters. The maximum absolute atomic E-state index is 11.5. The Morgan fingerprint density at radius 3 is 2.71 bits per heavy atom. The SMILES string of the molecule is CC(C)(C)c1cccc(OC2CCCC(N)(C(N)=O)C2)c1. The standard InChI is InChI=1S/C17H26N2O2/c1-16(2,3)12-6-4-7-13(10-12)21-14-8-5-9-17(19,11-14)15(18)20/h4,6-7,10,14H,5,8-9,11,19H2,1-3H3,(H2,18,20). The molecule has 4 N–H and O–H groups in total. The lowest BCUT2D eigenvalue weighted by Crippen LogP contribution is -2.56. The highest BCUT2D eigenvalue weighted by Gasteiger charge is 2.38. The molecule has 0 heterocycles. The van der Waals surface area contributed by atoms with Gasteiger partial charge in [0.2, 0.25) is 5.91 Å². The molecule has 1 aliphatic rings. The summed E-state index contributed by atoms with van der Waals surface area (Å²) < 4.78 is 6.05. The molecule has 0 bridgehead atoms. The molecule has 4 nitrogen and oxygen atoms in total. The number of primary amides is 1. The molecule has 0 aliphatic heterocycles. The van der Waals surface area contributed by atoms with Crippen molar-refractivity contribution in [3.05, 3.63) is 29.8 Å². The van der Waals surface area contributed by atoms with Crippen molar-refractivity contribution in [3.8, 4) is 5.75 Å².